The van der Waals surface area contributed by atoms with E-state index in [-0.39, 0.29) is 5.54 Å². The monoisotopic (exact) mass is 307 g/mol. The third kappa shape index (κ3) is 6.69. The van der Waals surface area contributed by atoms with Crippen molar-refractivity contribution in [2.24, 2.45) is 5.41 Å². The highest BCUT2D eigenvalue weighted by atomic mass is 16.5. The smallest absolute Gasteiger partial charge is 0.161 e. The third-order valence-electron chi connectivity index (χ3n) is 3.43. The van der Waals surface area contributed by atoms with Crippen molar-refractivity contribution in [1.29, 1.82) is 0 Å². The number of hydrogen-bond acceptors (Lipinski definition) is 3. The van der Waals surface area contributed by atoms with E-state index >= 15 is 0 Å². The number of methoxy groups -OCH3 is 1. The van der Waals surface area contributed by atoms with Crippen molar-refractivity contribution in [3.63, 3.8) is 0 Å². The molecule has 1 rings (SSSR count). The zero-order chi connectivity index (χ0) is 16.8. The molecule has 0 radical (unpaired) electrons. The first kappa shape index (κ1) is 18.8. The predicted molar refractivity (Wildman–Crippen MR) is 93.8 cm³/mol. The first-order valence-corrected chi connectivity index (χ1v) is 8.21. The topological polar surface area (TPSA) is 30.5 Å². The molecule has 0 bridgehead atoms. The molecular formula is C19H33NO2. The summed E-state index contributed by atoms with van der Waals surface area (Å²) in [5.74, 6) is 1.63. The van der Waals surface area contributed by atoms with Crippen LogP contribution in [0.4, 0.5) is 0 Å². The van der Waals surface area contributed by atoms with Crippen LogP contribution in [0, 0.1) is 5.41 Å². The van der Waals surface area contributed by atoms with Crippen LogP contribution in [0.1, 0.15) is 59.9 Å². The number of hydrogen-bond donors (Lipinski definition) is 1. The Morgan fingerprint density at radius 2 is 1.73 bits per heavy atom. The fourth-order valence-electron chi connectivity index (χ4n) is 2.88. The van der Waals surface area contributed by atoms with Crippen LogP contribution in [-0.2, 0) is 6.54 Å². The Bertz CT molecular complexity index is 461. The lowest BCUT2D eigenvalue weighted by atomic mass is 9.82. The molecule has 1 aromatic rings. The average Bonchev–Trinajstić information content (AvgIpc) is 2.40. The molecule has 0 spiro atoms. The molecule has 0 atom stereocenters. The Hall–Kier alpha value is -1.22. The molecule has 1 aromatic carbocycles. The predicted octanol–water partition coefficient (Wildman–Crippen LogP) is 4.79. The summed E-state index contributed by atoms with van der Waals surface area (Å²) in [5, 5.41) is 3.65. The van der Waals surface area contributed by atoms with Crippen molar-refractivity contribution in [2.45, 2.75) is 66.5 Å². The molecule has 0 amide bonds. The highest BCUT2D eigenvalue weighted by Gasteiger charge is 2.24. The quantitative estimate of drug-likeness (QED) is 0.749. The lowest BCUT2D eigenvalue weighted by Gasteiger charge is -2.33. The second kappa shape index (κ2) is 7.87. The van der Waals surface area contributed by atoms with Gasteiger partial charge in [0.2, 0.25) is 0 Å². The van der Waals surface area contributed by atoms with Crippen molar-refractivity contribution < 1.29 is 9.47 Å². The lowest BCUT2D eigenvalue weighted by molar-refractivity contribution is 0.240. The Labute approximate surface area is 136 Å². The van der Waals surface area contributed by atoms with Crippen LogP contribution in [0.15, 0.2) is 18.2 Å². The molecule has 22 heavy (non-hydrogen) atoms. The van der Waals surface area contributed by atoms with Crippen LogP contribution in [0.5, 0.6) is 11.5 Å². The van der Waals surface area contributed by atoms with E-state index in [0.29, 0.717) is 12.0 Å². The molecule has 0 heterocycles. The van der Waals surface area contributed by atoms with Crippen molar-refractivity contribution >= 4 is 0 Å². The van der Waals surface area contributed by atoms with Crippen molar-refractivity contribution in [1.82, 2.24) is 5.32 Å². The molecule has 3 heteroatoms. The maximum Gasteiger partial charge on any atom is 0.161 e. The van der Waals surface area contributed by atoms with Gasteiger partial charge in [-0.1, -0.05) is 33.8 Å². The Kier molecular flexibility index (Phi) is 6.73. The van der Waals surface area contributed by atoms with Gasteiger partial charge in [0.05, 0.1) is 13.7 Å². The normalized spacial score (nSPS) is 12.3. The summed E-state index contributed by atoms with van der Waals surface area (Å²) in [6.07, 6.45) is 2.11. The maximum absolute atomic E-state index is 5.70. The summed E-state index contributed by atoms with van der Waals surface area (Å²) in [7, 11) is 1.69. The van der Waals surface area contributed by atoms with Gasteiger partial charge in [-0.3, -0.25) is 0 Å². The first-order chi connectivity index (χ1) is 10.2. The molecule has 0 saturated carbocycles. The van der Waals surface area contributed by atoms with E-state index in [0.717, 1.165) is 30.9 Å². The van der Waals surface area contributed by atoms with Crippen LogP contribution in [-0.4, -0.2) is 19.3 Å². The molecule has 3 nitrogen and oxygen atoms in total. The van der Waals surface area contributed by atoms with Gasteiger partial charge in [0, 0.05) is 12.1 Å². The number of rotatable bonds is 8. The highest BCUT2D eigenvalue weighted by Crippen LogP contribution is 2.30. The van der Waals surface area contributed by atoms with E-state index in [2.05, 4.69) is 59.0 Å². The zero-order valence-corrected chi connectivity index (χ0v) is 15.4. The molecule has 0 unspecified atom stereocenters. The van der Waals surface area contributed by atoms with Crippen LogP contribution < -0.4 is 14.8 Å². The molecule has 0 aliphatic carbocycles. The molecular weight excluding hydrogens is 274 g/mol. The summed E-state index contributed by atoms with van der Waals surface area (Å²) >= 11 is 0. The minimum atomic E-state index is 0.100. The average molecular weight is 307 g/mol. The Balaban J connectivity index is 2.70. The van der Waals surface area contributed by atoms with Gasteiger partial charge in [-0.2, -0.15) is 0 Å². The van der Waals surface area contributed by atoms with E-state index in [4.69, 9.17) is 9.47 Å². The van der Waals surface area contributed by atoms with Gasteiger partial charge in [0.1, 0.15) is 0 Å². The molecule has 1 N–H and O–H groups in total. The first-order valence-electron chi connectivity index (χ1n) is 8.21. The standard InChI is InChI=1S/C19H33NO2/c1-8-11-22-16-10-9-15(12-17(16)21-7)13-20-19(5,6)14-18(2,3)4/h9-10,12,20H,8,11,13-14H2,1-7H3. The van der Waals surface area contributed by atoms with Gasteiger partial charge in [-0.05, 0) is 49.8 Å². The molecule has 126 valence electrons. The fraction of sp³-hybridized carbons (Fsp3) is 0.684. The minimum absolute atomic E-state index is 0.100. The van der Waals surface area contributed by atoms with Gasteiger partial charge in [0.15, 0.2) is 11.5 Å². The van der Waals surface area contributed by atoms with E-state index in [1.165, 1.54) is 5.56 Å². The Morgan fingerprint density at radius 1 is 1.05 bits per heavy atom. The van der Waals surface area contributed by atoms with E-state index in [1.54, 1.807) is 7.11 Å². The van der Waals surface area contributed by atoms with Gasteiger partial charge in [-0.25, -0.2) is 0 Å². The second-order valence-electron chi connectivity index (χ2n) is 7.81. The number of benzene rings is 1. The Morgan fingerprint density at radius 3 is 2.27 bits per heavy atom. The van der Waals surface area contributed by atoms with Gasteiger partial charge in [0.25, 0.3) is 0 Å². The largest absolute Gasteiger partial charge is 0.493 e. The van der Waals surface area contributed by atoms with Gasteiger partial charge >= 0.3 is 0 Å². The van der Waals surface area contributed by atoms with E-state index in [1.807, 2.05) is 6.07 Å². The summed E-state index contributed by atoms with van der Waals surface area (Å²) in [6.45, 7) is 15.0. The summed E-state index contributed by atoms with van der Waals surface area (Å²) in [5.41, 5.74) is 1.62. The van der Waals surface area contributed by atoms with Crippen LogP contribution in [0.2, 0.25) is 0 Å². The van der Waals surface area contributed by atoms with E-state index < -0.39 is 0 Å². The molecule has 0 aromatic heterocycles. The minimum Gasteiger partial charge on any atom is -0.493 e. The van der Waals surface area contributed by atoms with E-state index in [9.17, 15) is 0 Å². The molecule has 0 fully saturated rings. The van der Waals surface area contributed by atoms with Gasteiger partial charge < -0.3 is 14.8 Å². The van der Waals surface area contributed by atoms with Crippen LogP contribution >= 0.6 is 0 Å². The number of ether oxygens (including phenoxy) is 2. The maximum atomic E-state index is 5.70. The lowest BCUT2D eigenvalue weighted by Crippen LogP contribution is -2.41. The molecule has 0 aliphatic rings. The fourth-order valence-corrected chi connectivity index (χ4v) is 2.88. The summed E-state index contributed by atoms with van der Waals surface area (Å²) < 4.78 is 11.1. The van der Waals surface area contributed by atoms with Crippen molar-refractivity contribution in [2.75, 3.05) is 13.7 Å². The summed E-state index contributed by atoms with van der Waals surface area (Å²) in [6, 6.07) is 6.17. The van der Waals surface area contributed by atoms with Gasteiger partial charge in [-0.15, -0.1) is 0 Å². The zero-order valence-electron chi connectivity index (χ0n) is 15.4. The SMILES string of the molecule is CCCOc1ccc(CNC(C)(C)CC(C)(C)C)cc1OC. The van der Waals surface area contributed by atoms with Crippen LogP contribution in [0.3, 0.4) is 0 Å². The molecule has 0 aliphatic heterocycles. The third-order valence-corrected chi connectivity index (χ3v) is 3.43. The second-order valence-corrected chi connectivity index (χ2v) is 7.81. The summed E-state index contributed by atoms with van der Waals surface area (Å²) in [4.78, 5) is 0. The highest BCUT2D eigenvalue weighted by molar-refractivity contribution is 5.43. The van der Waals surface area contributed by atoms with Crippen molar-refractivity contribution in [3.05, 3.63) is 23.8 Å². The van der Waals surface area contributed by atoms with Crippen molar-refractivity contribution in [3.8, 4) is 11.5 Å². The number of nitrogens with one attached hydrogen (secondary N) is 1. The van der Waals surface area contributed by atoms with Crippen LogP contribution in [0.25, 0.3) is 0 Å². The molecule has 0 saturated heterocycles.